The minimum absolute atomic E-state index is 0.0944. The number of aromatic amines is 1. The van der Waals surface area contributed by atoms with E-state index in [2.05, 4.69) is 25.9 Å². The summed E-state index contributed by atoms with van der Waals surface area (Å²) in [4.78, 5) is 58.0. The van der Waals surface area contributed by atoms with Crippen molar-refractivity contribution in [3.8, 4) is 0 Å². The molecule has 0 saturated heterocycles. The third-order valence-corrected chi connectivity index (χ3v) is 6.91. The van der Waals surface area contributed by atoms with Crippen LogP contribution in [0.1, 0.15) is 37.9 Å². The van der Waals surface area contributed by atoms with Crippen molar-refractivity contribution in [2.24, 2.45) is 11.7 Å². The van der Waals surface area contributed by atoms with E-state index in [1.54, 1.807) is 6.92 Å². The van der Waals surface area contributed by atoms with Crippen molar-refractivity contribution in [2.45, 2.75) is 63.7 Å². The number of nitrogens with two attached hydrogens (primary N) is 1. The van der Waals surface area contributed by atoms with Gasteiger partial charge < -0.3 is 31.8 Å². The number of carboxylic acids is 1. The highest BCUT2D eigenvalue weighted by Gasteiger charge is 2.32. The highest BCUT2D eigenvalue weighted by molar-refractivity contribution is 7.98. The van der Waals surface area contributed by atoms with E-state index >= 15 is 0 Å². The second-order valence-electron chi connectivity index (χ2n) is 9.19. The number of amides is 3. The summed E-state index contributed by atoms with van der Waals surface area (Å²) in [7, 11) is 0. The third-order valence-electron chi connectivity index (χ3n) is 6.27. The van der Waals surface area contributed by atoms with Crippen LogP contribution in [0.25, 0.3) is 0 Å². The average Bonchev–Trinajstić information content (AvgIpc) is 3.42. The molecule has 0 aliphatic heterocycles. The van der Waals surface area contributed by atoms with Crippen molar-refractivity contribution in [3.63, 3.8) is 0 Å². The van der Waals surface area contributed by atoms with Gasteiger partial charge in [0.25, 0.3) is 0 Å². The number of carbonyl (C=O) groups excluding carboxylic acids is 3. The molecule has 0 fully saturated rings. The van der Waals surface area contributed by atoms with Gasteiger partial charge in [-0.1, -0.05) is 50.6 Å². The smallest absolute Gasteiger partial charge is 0.326 e. The number of hydrogen-bond donors (Lipinski definition) is 6. The first-order valence-corrected chi connectivity index (χ1v) is 13.9. The molecule has 3 amide bonds. The molecule has 7 N–H and O–H groups in total. The lowest BCUT2D eigenvalue weighted by Crippen LogP contribution is -2.58. The quantitative estimate of drug-likeness (QED) is 0.179. The molecule has 2 rings (SSSR count). The van der Waals surface area contributed by atoms with Crippen LogP contribution in [0, 0.1) is 5.92 Å². The molecule has 0 spiro atoms. The van der Waals surface area contributed by atoms with Crippen LogP contribution in [-0.4, -0.2) is 74.9 Å². The van der Waals surface area contributed by atoms with Gasteiger partial charge in [-0.3, -0.25) is 14.4 Å². The predicted molar refractivity (Wildman–Crippen MR) is 146 cm³/mol. The van der Waals surface area contributed by atoms with Crippen molar-refractivity contribution in [1.29, 1.82) is 0 Å². The van der Waals surface area contributed by atoms with Gasteiger partial charge in [0, 0.05) is 18.3 Å². The summed E-state index contributed by atoms with van der Waals surface area (Å²) in [6.07, 6.45) is 6.09. The van der Waals surface area contributed by atoms with Gasteiger partial charge >= 0.3 is 5.97 Å². The zero-order valence-electron chi connectivity index (χ0n) is 22.0. The minimum Gasteiger partial charge on any atom is -0.480 e. The molecule has 1 heterocycles. The maximum atomic E-state index is 13.4. The number of H-pyrrole nitrogens is 1. The van der Waals surface area contributed by atoms with E-state index in [9.17, 15) is 24.3 Å². The van der Waals surface area contributed by atoms with Crippen LogP contribution in [0.2, 0.25) is 0 Å². The summed E-state index contributed by atoms with van der Waals surface area (Å²) in [5.74, 6) is -2.57. The van der Waals surface area contributed by atoms with Crippen LogP contribution in [0.15, 0.2) is 42.9 Å². The largest absolute Gasteiger partial charge is 0.480 e. The molecule has 38 heavy (non-hydrogen) atoms. The van der Waals surface area contributed by atoms with Gasteiger partial charge in [0.1, 0.15) is 18.1 Å². The molecule has 11 nitrogen and oxygen atoms in total. The molecule has 2 aromatic rings. The van der Waals surface area contributed by atoms with E-state index in [1.165, 1.54) is 24.3 Å². The molecule has 0 bridgehead atoms. The molecule has 1 aromatic heterocycles. The van der Waals surface area contributed by atoms with Gasteiger partial charge in [-0.2, -0.15) is 11.8 Å². The van der Waals surface area contributed by atoms with E-state index in [4.69, 9.17) is 5.73 Å². The zero-order valence-corrected chi connectivity index (χ0v) is 22.8. The Kier molecular flexibility index (Phi) is 12.8. The van der Waals surface area contributed by atoms with Crippen molar-refractivity contribution in [3.05, 3.63) is 54.1 Å². The van der Waals surface area contributed by atoms with Crippen molar-refractivity contribution in [2.75, 3.05) is 12.0 Å². The highest BCUT2D eigenvalue weighted by atomic mass is 32.2. The second-order valence-corrected chi connectivity index (χ2v) is 10.2. The number of thioether (sulfide) groups is 1. The Labute approximate surface area is 227 Å². The maximum Gasteiger partial charge on any atom is 0.326 e. The van der Waals surface area contributed by atoms with E-state index in [0.29, 0.717) is 17.9 Å². The van der Waals surface area contributed by atoms with E-state index in [-0.39, 0.29) is 25.2 Å². The molecule has 5 unspecified atom stereocenters. The third kappa shape index (κ3) is 9.82. The van der Waals surface area contributed by atoms with Gasteiger partial charge in [0.05, 0.1) is 12.4 Å². The summed E-state index contributed by atoms with van der Waals surface area (Å²) >= 11 is 1.49. The molecule has 0 radical (unpaired) electrons. The van der Waals surface area contributed by atoms with Crippen LogP contribution >= 0.6 is 11.8 Å². The summed E-state index contributed by atoms with van der Waals surface area (Å²) in [6, 6.07) is 5.29. The maximum absolute atomic E-state index is 13.4. The van der Waals surface area contributed by atoms with Crippen LogP contribution in [0.4, 0.5) is 0 Å². The Balaban J connectivity index is 2.17. The summed E-state index contributed by atoms with van der Waals surface area (Å²) in [5.41, 5.74) is 7.61. The summed E-state index contributed by atoms with van der Waals surface area (Å²) < 4.78 is 0. The zero-order chi connectivity index (χ0) is 28.1. The van der Waals surface area contributed by atoms with Crippen molar-refractivity contribution >= 4 is 35.5 Å². The SMILES string of the molecule is CCC(C)C(NC(=O)C(CCSC)NC(=O)C(Cc1cnc[nH]1)NC(=O)C(N)Cc1ccccc1)C(=O)O. The number of carbonyl (C=O) groups is 4. The van der Waals surface area contributed by atoms with Crippen LogP contribution in [0.3, 0.4) is 0 Å². The molecule has 0 aliphatic rings. The van der Waals surface area contributed by atoms with Gasteiger partial charge in [-0.15, -0.1) is 0 Å². The predicted octanol–water partition coefficient (Wildman–Crippen LogP) is 0.860. The lowest BCUT2D eigenvalue weighted by Gasteiger charge is -2.26. The lowest BCUT2D eigenvalue weighted by molar-refractivity contribution is -0.143. The highest BCUT2D eigenvalue weighted by Crippen LogP contribution is 2.10. The second kappa shape index (κ2) is 15.8. The topological polar surface area (TPSA) is 179 Å². The Bertz CT molecular complexity index is 1040. The molecule has 5 atom stereocenters. The van der Waals surface area contributed by atoms with Gasteiger partial charge in [-0.25, -0.2) is 9.78 Å². The first-order valence-electron chi connectivity index (χ1n) is 12.6. The van der Waals surface area contributed by atoms with Crippen molar-refractivity contribution in [1.82, 2.24) is 25.9 Å². The van der Waals surface area contributed by atoms with Crippen LogP contribution in [0.5, 0.6) is 0 Å². The Morgan fingerprint density at radius 1 is 1.03 bits per heavy atom. The van der Waals surface area contributed by atoms with Crippen molar-refractivity contribution < 1.29 is 24.3 Å². The number of nitrogens with one attached hydrogen (secondary N) is 4. The van der Waals surface area contributed by atoms with E-state index < -0.39 is 47.9 Å². The number of rotatable bonds is 16. The fraction of sp³-hybridized carbons (Fsp3) is 0.500. The standard InChI is InChI=1S/C26H38N6O5S/c1-4-16(2)22(26(36)37)32-24(34)20(10-11-38-3)30-25(35)21(13-18-14-28-15-29-18)31-23(33)19(27)12-17-8-6-5-7-9-17/h5-9,14-16,19-22H,4,10-13,27H2,1-3H3,(H,28,29)(H,30,35)(H,31,33)(H,32,34)(H,36,37). The molecule has 208 valence electrons. The van der Waals surface area contributed by atoms with Crippen LogP contribution in [-0.2, 0) is 32.0 Å². The van der Waals surface area contributed by atoms with Crippen LogP contribution < -0.4 is 21.7 Å². The number of aliphatic carboxylic acids is 1. The molecular weight excluding hydrogens is 508 g/mol. The summed E-state index contributed by atoms with van der Waals surface area (Å²) in [6.45, 7) is 3.58. The Hall–Kier alpha value is -3.38. The number of aromatic nitrogens is 2. The fourth-order valence-electron chi connectivity index (χ4n) is 3.78. The fourth-order valence-corrected chi connectivity index (χ4v) is 4.25. The number of nitrogens with zero attached hydrogens (tertiary/aromatic N) is 1. The normalized spacial score (nSPS) is 14.9. The first kappa shape index (κ1) is 30.8. The van der Waals surface area contributed by atoms with E-state index in [1.807, 2.05) is 43.5 Å². The van der Waals surface area contributed by atoms with Gasteiger partial charge in [-0.05, 0) is 36.3 Å². The Morgan fingerprint density at radius 2 is 1.68 bits per heavy atom. The monoisotopic (exact) mass is 546 g/mol. The molecule has 1 aromatic carbocycles. The number of benzene rings is 1. The minimum atomic E-state index is -1.14. The first-order chi connectivity index (χ1) is 18.2. The number of hydrogen-bond acceptors (Lipinski definition) is 7. The van der Waals surface area contributed by atoms with Gasteiger partial charge in [0.15, 0.2) is 0 Å². The molecule has 0 saturated carbocycles. The lowest BCUT2D eigenvalue weighted by atomic mass is 9.98. The number of imidazole rings is 1. The summed E-state index contributed by atoms with van der Waals surface area (Å²) in [5, 5.41) is 17.6. The Morgan fingerprint density at radius 3 is 2.26 bits per heavy atom. The number of carboxylic acid groups (broad SMARTS) is 1. The molecular formula is C26H38N6O5S. The average molecular weight is 547 g/mol. The van der Waals surface area contributed by atoms with E-state index in [0.717, 1.165) is 5.56 Å². The van der Waals surface area contributed by atoms with Gasteiger partial charge in [0.2, 0.25) is 17.7 Å². The molecule has 12 heteroatoms. The molecule has 0 aliphatic carbocycles.